The lowest BCUT2D eigenvalue weighted by molar-refractivity contribution is 0.669. The average molecular weight is 612 g/mol. The number of hydrogen-bond donors (Lipinski definition) is 0. The number of fused-ring (bicyclic) bond motifs is 13. The summed E-state index contributed by atoms with van der Waals surface area (Å²) in [7, 11) is 0. The molecule has 0 fully saturated rings. The molecule has 0 unspecified atom stereocenters. The fourth-order valence-corrected chi connectivity index (χ4v) is 7.84. The zero-order valence-electron chi connectivity index (χ0n) is 25.7. The molecule has 0 amide bonds. The minimum Gasteiger partial charge on any atom is -0.456 e. The Bertz CT molecular complexity index is 3040. The van der Waals surface area contributed by atoms with Crippen molar-refractivity contribution in [1.29, 1.82) is 0 Å². The predicted molar refractivity (Wildman–Crippen MR) is 199 cm³/mol. The van der Waals surface area contributed by atoms with E-state index < -0.39 is 0 Å². The maximum atomic E-state index is 6.35. The Morgan fingerprint density at radius 1 is 0.417 bits per heavy atom. The van der Waals surface area contributed by atoms with Crippen molar-refractivity contribution in [3.63, 3.8) is 0 Å². The van der Waals surface area contributed by atoms with E-state index >= 15 is 0 Å². The Labute approximate surface area is 274 Å². The van der Waals surface area contributed by atoms with Crippen molar-refractivity contribution in [1.82, 2.24) is 14.5 Å². The van der Waals surface area contributed by atoms with E-state index in [0.29, 0.717) is 5.95 Å². The molecule has 0 aliphatic carbocycles. The van der Waals surface area contributed by atoms with Gasteiger partial charge in [0.1, 0.15) is 11.2 Å². The molecule has 4 nitrogen and oxygen atoms in total. The molecule has 0 atom stereocenters. The molecule has 0 saturated heterocycles. The summed E-state index contributed by atoms with van der Waals surface area (Å²) in [5.74, 6) is 0.650. The summed E-state index contributed by atoms with van der Waals surface area (Å²) in [6.45, 7) is 0. The van der Waals surface area contributed by atoms with Gasteiger partial charge in [0.05, 0.1) is 22.2 Å². The minimum absolute atomic E-state index is 0.650. The molecular formula is C44H25N3O. The quantitative estimate of drug-likeness (QED) is 0.195. The van der Waals surface area contributed by atoms with Crippen LogP contribution >= 0.6 is 0 Å². The molecule has 0 aliphatic heterocycles. The van der Waals surface area contributed by atoms with Crippen LogP contribution in [0.1, 0.15) is 0 Å². The first-order chi connectivity index (χ1) is 23.8. The largest absolute Gasteiger partial charge is 0.456 e. The highest BCUT2D eigenvalue weighted by Gasteiger charge is 2.21. The average Bonchev–Trinajstić information content (AvgIpc) is 3.70. The van der Waals surface area contributed by atoms with Crippen molar-refractivity contribution < 1.29 is 4.42 Å². The van der Waals surface area contributed by atoms with Crippen LogP contribution in [0.5, 0.6) is 0 Å². The smallest absolute Gasteiger partial charge is 0.235 e. The van der Waals surface area contributed by atoms with Gasteiger partial charge in [0.25, 0.3) is 0 Å². The summed E-state index contributed by atoms with van der Waals surface area (Å²) in [4.78, 5) is 10.7. The Morgan fingerprint density at radius 2 is 0.958 bits per heavy atom. The van der Waals surface area contributed by atoms with Crippen molar-refractivity contribution in [3.05, 3.63) is 152 Å². The summed E-state index contributed by atoms with van der Waals surface area (Å²) in [5.41, 5.74) is 6.74. The minimum atomic E-state index is 0.650. The van der Waals surface area contributed by atoms with Crippen LogP contribution in [0.15, 0.2) is 156 Å². The van der Waals surface area contributed by atoms with Gasteiger partial charge in [-0.2, -0.15) is 0 Å². The second kappa shape index (κ2) is 9.50. The van der Waals surface area contributed by atoms with E-state index in [1.807, 2.05) is 0 Å². The summed E-state index contributed by atoms with van der Waals surface area (Å²) >= 11 is 0. The van der Waals surface area contributed by atoms with Crippen LogP contribution in [-0.2, 0) is 0 Å². The standard InChI is InChI=1S/C44H25N3O/c1-4-12-30-28(11-1)19-24-39-40(30)34-25-29(20-23-38(34)48-39)43-33-15-7-8-16-35(33)45-44(46-43)47-36-21-17-26-9-2-5-13-31(26)41(36)42-32-14-6-3-10-27(32)18-22-37(42)47/h1-25H. The van der Waals surface area contributed by atoms with Crippen LogP contribution in [-0.4, -0.2) is 14.5 Å². The number of nitrogens with zero attached hydrogens (tertiary/aromatic N) is 3. The molecule has 0 aliphatic rings. The maximum absolute atomic E-state index is 6.35. The van der Waals surface area contributed by atoms with E-state index in [0.717, 1.165) is 55.1 Å². The first-order valence-corrected chi connectivity index (χ1v) is 16.3. The summed E-state index contributed by atoms with van der Waals surface area (Å²) in [6, 6.07) is 53.6. The lowest BCUT2D eigenvalue weighted by Gasteiger charge is -2.12. The van der Waals surface area contributed by atoms with Gasteiger partial charge in [-0.3, -0.25) is 4.57 Å². The Morgan fingerprint density at radius 3 is 1.62 bits per heavy atom. The maximum Gasteiger partial charge on any atom is 0.235 e. The summed E-state index contributed by atoms with van der Waals surface area (Å²) in [5, 5.41) is 12.9. The van der Waals surface area contributed by atoms with Gasteiger partial charge in [-0.25, -0.2) is 9.97 Å². The zero-order valence-corrected chi connectivity index (χ0v) is 25.7. The van der Waals surface area contributed by atoms with Crippen LogP contribution in [0.25, 0.3) is 104 Å². The normalized spacial score (nSPS) is 12.2. The van der Waals surface area contributed by atoms with E-state index in [1.165, 1.54) is 43.1 Å². The van der Waals surface area contributed by atoms with Gasteiger partial charge in [-0.15, -0.1) is 0 Å². The van der Waals surface area contributed by atoms with Crippen LogP contribution in [0.4, 0.5) is 0 Å². The van der Waals surface area contributed by atoms with Crippen LogP contribution in [0.2, 0.25) is 0 Å². The Balaban J connectivity index is 1.25. The van der Waals surface area contributed by atoms with Gasteiger partial charge in [0, 0.05) is 32.5 Å². The number of benzene rings is 8. The number of aromatic nitrogens is 3. The lowest BCUT2D eigenvalue weighted by atomic mass is 10.00. The number of para-hydroxylation sites is 1. The molecule has 0 saturated carbocycles. The Kier molecular flexibility index (Phi) is 5.08. The second-order valence-electron chi connectivity index (χ2n) is 12.6. The van der Waals surface area contributed by atoms with Crippen LogP contribution < -0.4 is 0 Å². The van der Waals surface area contributed by atoms with Crippen molar-refractivity contribution in [2.45, 2.75) is 0 Å². The van der Waals surface area contributed by atoms with Crippen molar-refractivity contribution in [2.24, 2.45) is 0 Å². The predicted octanol–water partition coefficient (Wildman–Crippen LogP) is 11.8. The second-order valence-corrected chi connectivity index (χ2v) is 12.6. The van der Waals surface area contributed by atoms with E-state index in [-0.39, 0.29) is 0 Å². The third kappa shape index (κ3) is 3.49. The molecule has 0 radical (unpaired) electrons. The van der Waals surface area contributed by atoms with Gasteiger partial charge >= 0.3 is 0 Å². The molecule has 4 heteroatoms. The highest BCUT2D eigenvalue weighted by molar-refractivity contribution is 6.28. The number of furan rings is 1. The van der Waals surface area contributed by atoms with Crippen molar-refractivity contribution in [2.75, 3.05) is 0 Å². The summed E-state index contributed by atoms with van der Waals surface area (Å²) < 4.78 is 8.60. The Hall–Kier alpha value is -6.52. The fourth-order valence-electron chi connectivity index (χ4n) is 7.84. The molecule has 0 N–H and O–H groups in total. The molecular weight excluding hydrogens is 587 g/mol. The van der Waals surface area contributed by atoms with Gasteiger partial charge in [0.15, 0.2) is 0 Å². The van der Waals surface area contributed by atoms with E-state index in [2.05, 4.69) is 156 Å². The molecule has 0 spiro atoms. The summed E-state index contributed by atoms with van der Waals surface area (Å²) in [6.07, 6.45) is 0. The molecule has 0 bridgehead atoms. The third-order valence-corrected chi connectivity index (χ3v) is 9.97. The molecule has 3 aromatic heterocycles. The van der Waals surface area contributed by atoms with Crippen LogP contribution in [0.3, 0.4) is 0 Å². The van der Waals surface area contributed by atoms with Gasteiger partial charge in [-0.05, 0) is 74.8 Å². The molecule has 3 heterocycles. The van der Waals surface area contributed by atoms with Crippen molar-refractivity contribution in [3.8, 4) is 17.2 Å². The zero-order chi connectivity index (χ0) is 31.3. The first kappa shape index (κ1) is 25.6. The first-order valence-electron chi connectivity index (χ1n) is 16.3. The third-order valence-electron chi connectivity index (χ3n) is 9.97. The lowest BCUT2D eigenvalue weighted by Crippen LogP contribution is -2.03. The van der Waals surface area contributed by atoms with Gasteiger partial charge < -0.3 is 4.42 Å². The number of hydrogen-bond acceptors (Lipinski definition) is 3. The highest BCUT2D eigenvalue weighted by atomic mass is 16.3. The fraction of sp³-hybridized carbons (Fsp3) is 0. The van der Waals surface area contributed by atoms with E-state index in [1.54, 1.807) is 0 Å². The van der Waals surface area contributed by atoms with Gasteiger partial charge in [0.2, 0.25) is 5.95 Å². The highest BCUT2D eigenvalue weighted by Crippen LogP contribution is 2.41. The van der Waals surface area contributed by atoms with E-state index in [9.17, 15) is 0 Å². The molecule has 48 heavy (non-hydrogen) atoms. The molecule has 11 aromatic rings. The number of rotatable bonds is 2. The van der Waals surface area contributed by atoms with E-state index in [4.69, 9.17) is 14.4 Å². The molecule has 11 rings (SSSR count). The molecule has 222 valence electrons. The van der Waals surface area contributed by atoms with Crippen molar-refractivity contribution >= 4 is 87.0 Å². The van der Waals surface area contributed by atoms with Crippen LogP contribution in [0, 0.1) is 0 Å². The van der Waals surface area contributed by atoms with Gasteiger partial charge in [-0.1, -0.05) is 109 Å². The monoisotopic (exact) mass is 611 g/mol. The molecule has 8 aromatic carbocycles. The topological polar surface area (TPSA) is 43.9 Å². The SMILES string of the molecule is c1ccc2c(c1)ccc1oc3ccc(-c4nc(-n5c6ccc7ccccc7c6c6c7ccccc7ccc65)nc5ccccc45)cc3c12.